The number of hydrogen-bond donors (Lipinski definition) is 3. The molecule has 0 spiro atoms. The number of carbonyl (C=O) groups excluding carboxylic acids is 1. The van der Waals surface area contributed by atoms with Crippen LogP contribution in [-0.2, 0) is 4.79 Å². The topological polar surface area (TPSA) is 84.6 Å². The summed E-state index contributed by atoms with van der Waals surface area (Å²) in [7, 11) is 0. The van der Waals surface area contributed by atoms with Gasteiger partial charge in [-0.15, -0.1) is 0 Å². The van der Waals surface area contributed by atoms with Crippen LogP contribution < -0.4 is 15.8 Å². The molecule has 0 heterocycles. The fourth-order valence-electron chi connectivity index (χ4n) is 1.91. The highest BCUT2D eigenvalue weighted by Gasteiger charge is 2.45. The molecule has 1 amide bonds. The molecule has 1 saturated carbocycles. The zero-order valence-electron chi connectivity index (χ0n) is 11.9. The molecule has 1 aromatic rings. The van der Waals surface area contributed by atoms with E-state index in [1.165, 1.54) is 0 Å². The molecular weight excluding hydrogens is 256 g/mol. The Labute approximate surface area is 119 Å². The van der Waals surface area contributed by atoms with Gasteiger partial charge in [0.25, 0.3) is 0 Å². The van der Waals surface area contributed by atoms with Gasteiger partial charge in [0.2, 0.25) is 5.91 Å². The Morgan fingerprint density at radius 2 is 2.20 bits per heavy atom. The van der Waals surface area contributed by atoms with Gasteiger partial charge in [-0.1, -0.05) is 12.1 Å². The van der Waals surface area contributed by atoms with Gasteiger partial charge in [-0.3, -0.25) is 4.79 Å². The zero-order valence-corrected chi connectivity index (χ0v) is 11.9. The number of nitrogens with two attached hydrogens (primary N) is 1. The molecule has 2 rings (SSSR count). The standard InChI is InChI=1S/C15H22N2O3/c1-10(2)20-12-5-3-4-11(8-12)13(18)9-17-14(19)15(16)6-7-15/h3-5,8,10,13,18H,6-7,9,16H2,1-2H3,(H,17,19). The second-order valence-electron chi connectivity index (χ2n) is 5.62. The Balaban J connectivity index is 1.91. The number of hydrogen-bond acceptors (Lipinski definition) is 4. The second kappa shape index (κ2) is 5.81. The number of rotatable bonds is 6. The quantitative estimate of drug-likeness (QED) is 0.728. The first-order chi connectivity index (χ1) is 9.40. The molecule has 0 radical (unpaired) electrons. The number of amides is 1. The van der Waals surface area contributed by atoms with Gasteiger partial charge in [-0.05, 0) is 44.4 Å². The summed E-state index contributed by atoms with van der Waals surface area (Å²) in [4.78, 5) is 11.7. The molecule has 1 aliphatic rings. The van der Waals surface area contributed by atoms with Crippen LogP contribution in [0, 0.1) is 0 Å². The molecule has 1 atom stereocenters. The van der Waals surface area contributed by atoms with Crippen LogP contribution in [0.25, 0.3) is 0 Å². The van der Waals surface area contributed by atoms with E-state index in [1.54, 1.807) is 12.1 Å². The lowest BCUT2D eigenvalue weighted by molar-refractivity contribution is -0.123. The van der Waals surface area contributed by atoms with E-state index >= 15 is 0 Å². The van der Waals surface area contributed by atoms with Crippen LogP contribution in [0.5, 0.6) is 5.75 Å². The van der Waals surface area contributed by atoms with Crippen molar-refractivity contribution in [1.82, 2.24) is 5.32 Å². The van der Waals surface area contributed by atoms with Crippen molar-refractivity contribution in [2.45, 2.75) is 44.4 Å². The fourth-order valence-corrected chi connectivity index (χ4v) is 1.91. The predicted molar refractivity (Wildman–Crippen MR) is 76.3 cm³/mol. The van der Waals surface area contributed by atoms with E-state index in [9.17, 15) is 9.90 Å². The van der Waals surface area contributed by atoms with Gasteiger partial charge < -0.3 is 20.9 Å². The second-order valence-corrected chi connectivity index (χ2v) is 5.62. The predicted octanol–water partition coefficient (Wildman–Crippen LogP) is 1.11. The van der Waals surface area contributed by atoms with Crippen molar-refractivity contribution in [3.63, 3.8) is 0 Å². The number of ether oxygens (including phenoxy) is 1. The Kier molecular flexibility index (Phi) is 4.30. The minimum atomic E-state index is -0.767. The molecule has 5 heteroatoms. The fraction of sp³-hybridized carbons (Fsp3) is 0.533. The molecule has 0 aromatic heterocycles. The zero-order chi connectivity index (χ0) is 14.8. The minimum absolute atomic E-state index is 0.0778. The third kappa shape index (κ3) is 3.71. The van der Waals surface area contributed by atoms with Crippen molar-refractivity contribution < 1.29 is 14.6 Å². The lowest BCUT2D eigenvalue weighted by atomic mass is 10.1. The van der Waals surface area contributed by atoms with Crippen molar-refractivity contribution in [3.05, 3.63) is 29.8 Å². The SMILES string of the molecule is CC(C)Oc1cccc(C(O)CNC(=O)C2(N)CC2)c1. The highest BCUT2D eigenvalue weighted by atomic mass is 16.5. The molecule has 1 unspecified atom stereocenters. The van der Waals surface area contributed by atoms with Crippen LogP contribution >= 0.6 is 0 Å². The van der Waals surface area contributed by atoms with Crippen LogP contribution in [0.4, 0.5) is 0 Å². The van der Waals surface area contributed by atoms with E-state index in [2.05, 4.69) is 5.32 Å². The molecular formula is C15H22N2O3. The maximum atomic E-state index is 11.7. The summed E-state index contributed by atoms with van der Waals surface area (Å²) in [5, 5.41) is 12.8. The van der Waals surface area contributed by atoms with Crippen LogP contribution in [0.2, 0.25) is 0 Å². The first-order valence-electron chi connectivity index (χ1n) is 6.92. The van der Waals surface area contributed by atoms with E-state index in [1.807, 2.05) is 26.0 Å². The van der Waals surface area contributed by atoms with E-state index in [-0.39, 0.29) is 18.6 Å². The van der Waals surface area contributed by atoms with Crippen LogP contribution in [0.1, 0.15) is 38.4 Å². The summed E-state index contributed by atoms with van der Waals surface area (Å²) >= 11 is 0. The Hall–Kier alpha value is -1.59. The van der Waals surface area contributed by atoms with Crippen LogP contribution in [-0.4, -0.2) is 29.2 Å². The third-order valence-electron chi connectivity index (χ3n) is 3.31. The highest BCUT2D eigenvalue weighted by molar-refractivity contribution is 5.88. The number of nitrogens with one attached hydrogen (secondary N) is 1. The molecule has 0 bridgehead atoms. The van der Waals surface area contributed by atoms with Gasteiger partial charge in [0.15, 0.2) is 0 Å². The summed E-state index contributed by atoms with van der Waals surface area (Å²) in [5.74, 6) is 0.520. The molecule has 1 aliphatic carbocycles. The first kappa shape index (κ1) is 14.8. The van der Waals surface area contributed by atoms with E-state index in [4.69, 9.17) is 10.5 Å². The van der Waals surface area contributed by atoms with Crippen molar-refractivity contribution in [2.75, 3.05) is 6.54 Å². The molecule has 5 nitrogen and oxygen atoms in total. The summed E-state index contributed by atoms with van der Waals surface area (Å²) in [5.41, 5.74) is 5.79. The average molecular weight is 278 g/mol. The molecule has 0 aliphatic heterocycles. The highest BCUT2D eigenvalue weighted by Crippen LogP contribution is 2.32. The maximum Gasteiger partial charge on any atom is 0.240 e. The number of benzene rings is 1. The summed E-state index contributed by atoms with van der Waals surface area (Å²) in [6.45, 7) is 4.04. The lowest BCUT2D eigenvalue weighted by Crippen LogP contribution is -2.44. The van der Waals surface area contributed by atoms with Gasteiger partial charge in [0.1, 0.15) is 5.75 Å². The van der Waals surface area contributed by atoms with Crippen LogP contribution in [0.3, 0.4) is 0 Å². The Morgan fingerprint density at radius 3 is 2.80 bits per heavy atom. The van der Waals surface area contributed by atoms with Gasteiger partial charge in [0, 0.05) is 6.54 Å². The molecule has 1 aromatic carbocycles. The van der Waals surface area contributed by atoms with Gasteiger partial charge >= 0.3 is 0 Å². The van der Waals surface area contributed by atoms with Crippen molar-refractivity contribution in [3.8, 4) is 5.75 Å². The van der Waals surface area contributed by atoms with Crippen molar-refractivity contribution in [2.24, 2.45) is 5.73 Å². The molecule has 110 valence electrons. The van der Waals surface area contributed by atoms with E-state index in [0.29, 0.717) is 24.2 Å². The largest absolute Gasteiger partial charge is 0.491 e. The van der Waals surface area contributed by atoms with Crippen molar-refractivity contribution in [1.29, 1.82) is 0 Å². The smallest absolute Gasteiger partial charge is 0.240 e. The number of carbonyl (C=O) groups is 1. The summed E-state index contributed by atoms with van der Waals surface area (Å²) in [6, 6.07) is 7.25. The van der Waals surface area contributed by atoms with Gasteiger partial charge in [-0.2, -0.15) is 0 Å². The average Bonchev–Trinajstić information content (AvgIpc) is 3.14. The normalized spacial score (nSPS) is 17.6. The lowest BCUT2D eigenvalue weighted by Gasteiger charge is -2.16. The third-order valence-corrected chi connectivity index (χ3v) is 3.31. The minimum Gasteiger partial charge on any atom is -0.491 e. The Bertz CT molecular complexity index is 484. The maximum absolute atomic E-state index is 11.7. The number of aliphatic hydroxyl groups excluding tert-OH is 1. The molecule has 4 N–H and O–H groups in total. The molecule has 0 saturated heterocycles. The van der Waals surface area contributed by atoms with Crippen LogP contribution in [0.15, 0.2) is 24.3 Å². The monoisotopic (exact) mass is 278 g/mol. The van der Waals surface area contributed by atoms with Gasteiger partial charge in [-0.25, -0.2) is 0 Å². The number of aliphatic hydroxyl groups is 1. The van der Waals surface area contributed by atoms with Gasteiger partial charge in [0.05, 0.1) is 17.7 Å². The van der Waals surface area contributed by atoms with E-state index in [0.717, 1.165) is 0 Å². The molecule has 1 fully saturated rings. The molecule has 20 heavy (non-hydrogen) atoms. The van der Waals surface area contributed by atoms with E-state index < -0.39 is 11.6 Å². The Morgan fingerprint density at radius 1 is 1.50 bits per heavy atom. The summed E-state index contributed by atoms with van der Waals surface area (Å²) < 4.78 is 5.58. The first-order valence-corrected chi connectivity index (χ1v) is 6.92. The van der Waals surface area contributed by atoms with Crippen molar-refractivity contribution >= 4 is 5.91 Å². The summed E-state index contributed by atoms with van der Waals surface area (Å²) in [6.07, 6.45) is 0.741.